The molecular formula is C22H28O6. The highest BCUT2D eigenvalue weighted by Crippen LogP contribution is 2.60. The van der Waals surface area contributed by atoms with Gasteiger partial charge in [-0.3, -0.25) is 9.59 Å². The fraction of sp³-hybridized carbons (Fsp3) is 0.636. The molecule has 0 saturated heterocycles. The first kappa shape index (κ1) is 19.4. The van der Waals surface area contributed by atoms with Crippen LogP contribution in [0.4, 0.5) is 0 Å². The van der Waals surface area contributed by atoms with E-state index in [0.717, 1.165) is 25.7 Å². The number of aliphatic carboxylic acids is 1. The Balaban J connectivity index is 1.50. The molecule has 28 heavy (non-hydrogen) atoms. The first-order valence-electron chi connectivity index (χ1n) is 10.2. The topological polar surface area (TPSA) is 104 Å². The minimum atomic E-state index is -1.01. The molecule has 2 saturated carbocycles. The number of carboxylic acids is 1. The van der Waals surface area contributed by atoms with Gasteiger partial charge in [0.2, 0.25) is 0 Å². The summed E-state index contributed by atoms with van der Waals surface area (Å²) < 4.78 is 5.31. The van der Waals surface area contributed by atoms with Crippen LogP contribution in [0.1, 0.15) is 62.5 Å². The van der Waals surface area contributed by atoms with E-state index in [2.05, 4.69) is 6.92 Å². The van der Waals surface area contributed by atoms with Crippen LogP contribution in [0.2, 0.25) is 0 Å². The number of ether oxygens (including phenoxy) is 1. The van der Waals surface area contributed by atoms with E-state index >= 15 is 0 Å². The predicted molar refractivity (Wildman–Crippen MR) is 101 cm³/mol. The monoisotopic (exact) mass is 388 g/mol. The van der Waals surface area contributed by atoms with Crippen LogP contribution in [-0.2, 0) is 16.0 Å². The fourth-order valence-corrected chi connectivity index (χ4v) is 6.00. The molecule has 0 amide bonds. The van der Waals surface area contributed by atoms with Gasteiger partial charge in [-0.05, 0) is 78.5 Å². The van der Waals surface area contributed by atoms with Crippen LogP contribution < -0.4 is 4.74 Å². The standard InChI is InChI=1S/C22H28O6/c1-22-9-8-15-14-5-3-13(28-20(26)7-6-19(24)25)10-12(14)2-4-16(15)17(22)11-18(23)21(22)27/h3,5,10,15-18,21,23,27H,2,4,6-9,11H2,1H3,(H,24,25)/t15-,16-,17+,18-,21+,22+/m0/s1. The van der Waals surface area contributed by atoms with Crippen LogP contribution in [0, 0.1) is 17.3 Å². The van der Waals surface area contributed by atoms with Crippen molar-refractivity contribution in [3.63, 3.8) is 0 Å². The fourth-order valence-electron chi connectivity index (χ4n) is 6.00. The Morgan fingerprint density at radius 1 is 1.21 bits per heavy atom. The molecule has 2 fully saturated rings. The molecular weight excluding hydrogens is 360 g/mol. The maximum absolute atomic E-state index is 11.8. The SMILES string of the molecule is C[C@@]12CC[C@H]3c4ccc(OC(=O)CCC(=O)O)cc4CC[C@@H]3[C@H]1C[C@H](O)[C@H]2O. The van der Waals surface area contributed by atoms with Crippen molar-refractivity contribution in [2.24, 2.45) is 17.3 Å². The summed E-state index contributed by atoms with van der Waals surface area (Å²) in [7, 11) is 0. The molecule has 0 unspecified atom stereocenters. The van der Waals surface area contributed by atoms with Crippen LogP contribution in [-0.4, -0.2) is 39.5 Å². The zero-order chi connectivity index (χ0) is 20.1. The summed E-state index contributed by atoms with van der Waals surface area (Å²) in [5, 5.41) is 29.4. The van der Waals surface area contributed by atoms with Crippen molar-refractivity contribution in [1.82, 2.24) is 0 Å². The van der Waals surface area contributed by atoms with Gasteiger partial charge in [-0.1, -0.05) is 13.0 Å². The van der Waals surface area contributed by atoms with Gasteiger partial charge >= 0.3 is 11.9 Å². The third-order valence-corrected chi connectivity index (χ3v) is 7.45. The molecule has 3 aliphatic rings. The number of hydrogen-bond acceptors (Lipinski definition) is 5. The van der Waals surface area contributed by atoms with Gasteiger partial charge in [0, 0.05) is 0 Å². The lowest BCUT2D eigenvalue weighted by Crippen LogP contribution is -2.44. The molecule has 6 nitrogen and oxygen atoms in total. The summed E-state index contributed by atoms with van der Waals surface area (Å²) in [5.74, 6) is 0.134. The highest BCUT2D eigenvalue weighted by molar-refractivity contribution is 5.78. The van der Waals surface area contributed by atoms with E-state index in [1.165, 1.54) is 11.1 Å². The van der Waals surface area contributed by atoms with Crippen molar-refractivity contribution < 1.29 is 29.6 Å². The Bertz CT molecular complexity index is 789. The minimum Gasteiger partial charge on any atom is -0.481 e. The summed E-state index contributed by atoms with van der Waals surface area (Å²) in [6, 6.07) is 5.75. The van der Waals surface area contributed by atoms with Crippen LogP contribution in [0.5, 0.6) is 5.75 Å². The van der Waals surface area contributed by atoms with E-state index < -0.39 is 24.1 Å². The Labute approximate surface area is 164 Å². The Hall–Kier alpha value is -1.92. The molecule has 0 spiro atoms. The normalized spacial score (nSPS) is 36.2. The van der Waals surface area contributed by atoms with Crippen molar-refractivity contribution in [2.45, 2.75) is 70.0 Å². The molecule has 3 aliphatic carbocycles. The molecule has 6 heteroatoms. The lowest BCUT2D eigenvalue weighted by atomic mass is 9.55. The van der Waals surface area contributed by atoms with E-state index in [4.69, 9.17) is 9.84 Å². The minimum absolute atomic E-state index is 0.137. The number of carboxylic acid groups (broad SMARTS) is 1. The zero-order valence-corrected chi connectivity index (χ0v) is 16.1. The van der Waals surface area contributed by atoms with Gasteiger partial charge in [-0.15, -0.1) is 0 Å². The average Bonchev–Trinajstić information content (AvgIpc) is 2.90. The van der Waals surface area contributed by atoms with Crippen molar-refractivity contribution in [3.05, 3.63) is 29.3 Å². The zero-order valence-electron chi connectivity index (χ0n) is 16.1. The number of carbonyl (C=O) groups excluding carboxylic acids is 1. The van der Waals surface area contributed by atoms with Crippen molar-refractivity contribution in [2.75, 3.05) is 0 Å². The van der Waals surface area contributed by atoms with Crippen molar-refractivity contribution >= 4 is 11.9 Å². The highest BCUT2D eigenvalue weighted by Gasteiger charge is 2.57. The third kappa shape index (κ3) is 3.22. The van der Waals surface area contributed by atoms with Gasteiger partial charge in [0.25, 0.3) is 0 Å². The van der Waals surface area contributed by atoms with E-state index in [-0.39, 0.29) is 18.3 Å². The van der Waals surface area contributed by atoms with Gasteiger partial charge in [-0.25, -0.2) is 0 Å². The van der Waals surface area contributed by atoms with E-state index in [1.54, 1.807) is 6.07 Å². The second-order valence-corrected chi connectivity index (χ2v) is 8.94. The Kier molecular flexibility index (Phi) is 4.96. The van der Waals surface area contributed by atoms with Crippen LogP contribution in [0.25, 0.3) is 0 Å². The van der Waals surface area contributed by atoms with E-state index in [0.29, 0.717) is 29.9 Å². The van der Waals surface area contributed by atoms with Gasteiger partial charge in [0.05, 0.1) is 25.0 Å². The average molecular weight is 388 g/mol. The number of carbonyl (C=O) groups is 2. The molecule has 152 valence electrons. The number of aliphatic hydroxyl groups is 2. The molecule has 6 atom stereocenters. The number of aryl methyl sites for hydroxylation is 1. The molecule has 1 aromatic carbocycles. The first-order chi connectivity index (χ1) is 13.3. The number of fused-ring (bicyclic) bond motifs is 5. The lowest BCUT2D eigenvalue weighted by Gasteiger charge is -2.49. The Morgan fingerprint density at radius 2 is 2.00 bits per heavy atom. The van der Waals surface area contributed by atoms with E-state index in [9.17, 15) is 19.8 Å². The maximum Gasteiger partial charge on any atom is 0.311 e. The second kappa shape index (κ2) is 7.16. The largest absolute Gasteiger partial charge is 0.481 e. The molecule has 0 heterocycles. The number of benzene rings is 1. The molecule has 0 bridgehead atoms. The quantitative estimate of drug-likeness (QED) is 0.541. The second-order valence-electron chi connectivity index (χ2n) is 8.94. The predicted octanol–water partition coefficient (Wildman–Crippen LogP) is 2.64. The van der Waals surface area contributed by atoms with E-state index in [1.807, 2.05) is 12.1 Å². The lowest BCUT2D eigenvalue weighted by molar-refractivity contribution is -0.142. The van der Waals surface area contributed by atoms with Gasteiger partial charge in [0.15, 0.2) is 0 Å². The molecule has 4 rings (SSSR count). The summed E-state index contributed by atoms with van der Waals surface area (Å²) in [5.41, 5.74) is 2.28. The highest BCUT2D eigenvalue weighted by atomic mass is 16.5. The van der Waals surface area contributed by atoms with Crippen LogP contribution >= 0.6 is 0 Å². The Morgan fingerprint density at radius 3 is 2.75 bits per heavy atom. The molecule has 0 radical (unpaired) electrons. The molecule has 1 aromatic rings. The smallest absolute Gasteiger partial charge is 0.311 e. The van der Waals surface area contributed by atoms with Gasteiger partial charge in [-0.2, -0.15) is 0 Å². The summed E-state index contributed by atoms with van der Waals surface area (Å²) >= 11 is 0. The van der Waals surface area contributed by atoms with Crippen LogP contribution in [0.3, 0.4) is 0 Å². The summed E-state index contributed by atoms with van der Waals surface area (Å²) in [6.45, 7) is 2.13. The molecule has 0 aromatic heterocycles. The molecule has 0 aliphatic heterocycles. The van der Waals surface area contributed by atoms with Crippen molar-refractivity contribution in [3.8, 4) is 5.75 Å². The number of aliphatic hydroxyl groups excluding tert-OH is 2. The maximum atomic E-state index is 11.8. The number of hydrogen-bond donors (Lipinski definition) is 3. The van der Waals surface area contributed by atoms with Crippen molar-refractivity contribution in [1.29, 1.82) is 0 Å². The number of esters is 1. The third-order valence-electron chi connectivity index (χ3n) is 7.45. The van der Waals surface area contributed by atoms with Gasteiger partial charge < -0.3 is 20.1 Å². The van der Waals surface area contributed by atoms with Gasteiger partial charge in [0.1, 0.15) is 5.75 Å². The summed E-state index contributed by atoms with van der Waals surface area (Å²) in [6.07, 6.45) is 2.84. The first-order valence-corrected chi connectivity index (χ1v) is 10.2. The number of rotatable bonds is 4. The molecule has 3 N–H and O–H groups in total. The van der Waals surface area contributed by atoms with Crippen LogP contribution in [0.15, 0.2) is 18.2 Å². The summed E-state index contributed by atoms with van der Waals surface area (Å²) in [4.78, 5) is 22.4.